The Morgan fingerprint density at radius 2 is 2.22 bits per heavy atom. The van der Waals surface area contributed by atoms with Gasteiger partial charge >= 0.3 is 0 Å². The molecule has 1 aromatic heterocycles. The Morgan fingerprint density at radius 1 is 1.50 bits per heavy atom. The highest BCUT2D eigenvalue weighted by molar-refractivity contribution is 7.12. The van der Waals surface area contributed by atoms with Gasteiger partial charge in [0.1, 0.15) is 0 Å². The highest BCUT2D eigenvalue weighted by Gasteiger charge is 2.28. The third kappa shape index (κ3) is 2.89. The zero-order chi connectivity index (χ0) is 13.0. The van der Waals surface area contributed by atoms with Crippen LogP contribution in [0.1, 0.15) is 47.8 Å². The van der Waals surface area contributed by atoms with Crippen molar-refractivity contribution in [3.63, 3.8) is 0 Å². The molecule has 4 heteroatoms. The van der Waals surface area contributed by atoms with Gasteiger partial charge < -0.3 is 4.90 Å². The molecule has 0 radical (unpaired) electrons. The van der Waals surface area contributed by atoms with Crippen LogP contribution in [0.25, 0.3) is 0 Å². The largest absolute Gasteiger partial charge is 0.334 e. The highest BCUT2D eigenvalue weighted by atomic mass is 35.5. The van der Waals surface area contributed by atoms with Crippen LogP contribution >= 0.6 is 22.9 Å². The van der Waals surface area contributed by atoms with Crippen molar-refractivity contribution in [2.24, 2.45) is 0 Å². The summed E-state index contributed by atoms with van der Waals surface area (Å²) >= 11 is 7.42. The number of halogens is 1. The second-order valence-electron chi connectivity index (χ2n) is 4.75. The van der Waals surface area contributed by atoms with Crippen LogP contribution in [-0.2, 0) is 6.42 Å². The molecule has 1 aliphatic rings. The third-order valence-electron chi connectivity index (χ3n) is 3.67. The number of aryl methyl sites for hydroxylation is 1. The molecule has 1 saturated carbocycles. The molecule has 0 N–H and O–H groups in total. The number of hydrogen-bond donors (Lipinski definition) is 0. The fourth-order valence-corrected chi connectivity index (χ4v) is 3.82. The van der Waals surface area contributed by atoms with E-state index in [1.165, 1.54) is 18.4 Å². The Balaban J connectivity index is 2.17. The number of nitrogens with zero attached hydrogens (tertiary/aromatic N) is 1. The first-order chi connectivity index (χ1) is 8.77. The summed E-state index contributed by atoms with van der Waals surface area (Å²) in [5.41, 5.74) is 1.17. The zero-order valence-corrected chi connectivity index (χ0v) is 12.4. The Kier molecular flexibility index (Phi) is 5.07. The molecule has 0 bridgehead atoms. The van der Waals surface area contributed by atoms with Crippen molar-refractivity contribution < 1.29 is 4.79 Å². The molecule has 1 fully saturated rings. The van der Waals surface area contributed by atoms with E-state index in [0.29, 0.717) is 18.5 Å². The molecule has 0 unspecified atom stereocenters. The number of carbonyl (C=O) groups is 1. The van der Waals surface area contributed by atoms with Gasteiger partial charge in [0.2, 0.25) is 0 Å². The molecule has 1 heterocycles. The van der Waals surface area contributed by atoms with Crippen molar-refractivity contribution in [2.75, 3.05) is 12.4 Å². The number of alkyl halides is 1. The van der Waals surface area contributed by atoms with Gasteiger partial charge in [0.05, 0.1) is 4.88 Å². The summed E-state index contributed by atoms with van der Waals surface area (Å²) < 4.78 is 0. The summed E-state index contributed by atoms with van der Waals surface area (Å²) in [7, 11) is 0. The summed E-state index contributed by atoms with van der Waals surface area (Å²) in [5.74, 6) is 0.712. The first-order valence-electron chi connectivity index (χ1n) is 6.71. The zero-order valence-electron chi connectivity index (χ0n) is 10.8. The van der Waals surface area contributed by atoms with Crippen LogP contribution in [0.2, 0.25) is 0 Å². The fraction of sp³-hybridized carbons (Fsp3) is 0.643. The van der Waals surface area contributed by atoms with Crippen molar-refractivity contribution in [1.82, 2.24) is 4.90 Å². The Hall–Kier alpha value is -0.540. The van der Waals surface area contributed by atoms with Crippen LogP contribution in [0.15, 0.2) is 11.4 Å². The Morgan fingerprint density at radius 3 is 2.83 bits per heavy atom. The van der Waals surface area contributed by atoms with Gasteiger partial charge in [-0.1, -0.05) is 19.8 Å². The van der Waals surface area contributed by atoms with Crippen molar-refractivity contribution >= 4 is 28.8 Å². The number of amides is 1. The smallest absolute Gasteiger partial charge is 0.264 e. The molecule has 100 valence electrons. The van der Waals surface area contributed by atoms with E-state index in [1.807, 2.05) is 10.3 Å². The average molecular weight is 286 g/mol. The maximum absolute atomic E-state index is 12.6. The summed E-state index contributed by atoms with van der Waals surface area (Å²) in [4.78, 5) is 15.6. The van der Waals surface area contributed by atoms with E-state index in [2.05, 4.69) is 13.0 Å². The van der Waals surface area contributed by atoms with Crippen LogP contribution in [0, 0.1) is 0 Å². The minimum Gasteiger partial charge on any atom is -0.334 e. The van der Waals surface area contributed by atoms with E-state index in [1.54, 1.807) is 11.3 Å². The predicted molar refractivity (Wildman–Crippen MR) is 77.7 cm³/mol. The molecule has 2 rings (SSSR count). The summed E-state index contributed by atoms with van der Waals surface area (Å²) in [6, 6.07) is 2.47. The van der Waals surface area contributed by atoms with Gasteiger partial charge in [-0.25, -0.2) is 0 Å². The quantitative estimate of drug-likeness (QED) is 0.751. The Bertz CT molecular complexity index is 398. The van der Waals surface area contributed by atoms with Gasteiger partial charge in [-0.05, 0) is 36.3 Å². The minimum atomic E-state index is 0.189. The fourth-order valence-electron chi connectivity index (χ4n) is 2.69. The highest BCUT2D eigenvalue weighted by Crippen LogP contribution is 2.27. The third-order valence-corrected chi connectivity index (χ3v) is 4.79. The molecular formula is C14H20ClNOS. The SMILES string of the molecule is CCc1ccsc1C(=O)N(CCCl)C1CCCC1. The second-order valence-corrected chi connectivity index (χ2v) is 6.05. The number of carbonyl (C=O) groups excluding carboxylic acids is 1. The topological polar surface area (TPSA) is 20.3 Å². The van der Waals surface area contributed by atoms with Crippen molar-refractivity contribution in [3.05, 3.63) is 21.9 Å². The normalized spacial score (nSPS) is 16.1. The molecule has 0 saturated heterocycles. The van der Waals surface area contributed by atoms with Gasteiger partial charge in [-0.15, -0.1) is 22.9 Å². The number of thiophene rings is 1. The lowest BCUT2D eigenvalue weighted by Gasteiger charge is -2.28. The molecule has 1 aliphatic carbocycles. The van der Waals surface area contributed by atoms with E-state index in [0.717, 1.165) is 24.1 Å². The van der Waals surface area contributed by atoms with Crippen LogP contribution in [0.4, 0.5) is 0 Å². The van der Waals surface area contributed by atoms with Crippen LogP contribution in [0.3, 0.4) is 0 Å². The maximum Gasteiger partial charge on any atom is 0.264 e. The van der Waals surface area contributed by atoms with Crippen molar-refractivity contribution in [2.45, 2.75) is 45.1 Å². The molecule has 0 spiro atoms. The molecule has 1 aromatic rings. The number of hydrogen-bond acceptors (Lipinski definition) is 2. The lowest BCUT2D eigenvalue weighted by Crippen LogP contribution is -2.40. The van der Waals surface area contributed by atoms with Gasteiger partial charge in [-0.3, -0.25) is 4.79 Å². The van der Waals surface area contributed by atoms with E-state index < -0.39 is 0 Å². The van der Waals surface area contributed by atoms with Crippen molar-refractivity contribution in [3.8, 4) is 0 Å². The van der Waals surface area contributed by atoms with E-state index in [-0.39, 0.29) is 5.91 Å². The average Bonchev–Trinajstić information content (AvgIpc) is 3.05. The summed E-state index contributed by atoms with van der Waals surface area (Å²) in [6.07, 6.45) is 5.67. The van der Waals surface area contributed by atoms with E-state index in [4.69, 9.17) is 11.6 Å². The van der Waals surface area contributed by atoms with Crippen LogP contribution in [0.5, 0.6) is 0 Å². The standard InChI is InChI=1S/C14H20ClNOS/c1-2-11-7-10-18-13(11)14(17)16(9-8-15)12-5-3-4-6-12/h7,10,12H,2-6,8-9H2,1H3. The van der Waals surface area contributed by atoms with E-state index in [9.17, 15) is 4.79 Å². The summed E-state index contributed by atoms with van der Waals surface area (Å²) in [6.45, 7) is 2.77. The molecule has 0 atom stereocenters. The minimum absolute atomic E-state index is 0.189. The molecule has 1 amide bonds. The predicted octanol–water partition coefficient (Wildman–Crippen LogP) is 3.93. The van der Waals surface area contributed by atoms with Gasteiger partial charge in [0.25, 0.3) is 5.91 Å². The maximum atomic E-state index is 12.6. The van der Waals surface area contributed by atoms with Gasteiger partial charge in [0.15, 0.2) is 0 Å². The van der Waals surface area contributed by atoms with Crippen molar-refractivity contribution in [1.29, 1.82) is 0 Å². The Labute approximate surface area is 118 Å². The lowest BCUT2D eigenvalue weighted by atomic mass is 10.1. The molecular weight excluding hydrogens is 266 g/mol. The first-order valence-corrected chi connectivity index (χ1v) is 8.12. The first kappa shape index (κ1) is 13.9. The number of rotatable bonds is 5. The molecule has 2 nitrogen and oxygen atoms in total. The molecule has 0 aromatic carbocycles. The second kappa shape index (κ2) is 6.58. The van der Waals surface area contributed by atoms with E-state index >= 15 is 0 Å². The lowest BCUT2D eigenvalue weighted by molar-refractivity contribution is 0.0699. The van der Waals surface area contributed by atoms with Gasteiger partial charge in [-0.2, -0.15) is 0 Å². The van der Waals surface area contributed by atoms with Gasteiger partial charge in [0, 0.05) is 18.5 Å². The van der Waals surface area contributed by atoms with Crippen LogP contribution < -0.4 is 0 Å². The van der Waals surface area contributed by atoms with Crippen LogP contribution in [-0.4, -0.2) is 29.3 Å². The summed E-state index contributed by atoms with van der Waals surface area (Å²) in [5, 5.41) is 2.01. The monoisotopic (exact) mass is 285 g/mol. The molecule has 18 heavy (non-hydrogen) atoms. The molecule has 0 aliphatic heterocycles.